The van der Waals surface area contributed by atoms with Crippen molar-refractivity contribution in [3.8, 4) is 0 Å². The fourth-order valence-corrected chi connectivity index (χ4v) is 4.20. The summed E-state index contributed by atoms with van der Waals surface area (Å²) in [6.07, 6.45) is 4.45. The first-order chi connectivity index (χ1) is 8.66. The van der Waals surface area contributed by atoms with Crippen LogP contribution in [0.25, 0.3) is 0 Å². The molecule has 4 heteroatoms. The zero-order valence-electron chi connectivity index (χ0n) is 10.6. The Morgan fingerprint density at radius 2 is 2.00 bits per heavy atom. The highest BCUT2D eigenvalue weighted by Crippen LogP contribution is 2.25. The van der Waals surface area contributed by atoms with Crippen LogP contribution in [0, 0.1) is 0 Å². The molecule has 0 aromatic heterocycles. The Balaban J connectivity index is 2.36. The summed E-state index contributed by atoms with van der Waals surface area (Å²) >= 11 is 0. The second kappa shape index (κ2) is 5.57. The molecule has 2 rings (SSSR count). The van der Waals surface area contributed by atoms with E-state index in [1.165, 1.54) is 0 Å². The molecule has 0 radical (unpaired) electrons. The SMILES string of the molecule is CCCC(C1=CCCN1)S(=O)(=O)c1ccccc1. The molecule has 1 unspecified atom stereocenters. The second-order valence-corrected chi connectivity index (χ2v) is 6.64. The Labute approximate surface area is 109 Å². The molecule has 1 aliphatic rings. The van der Waals surface area contributed by atoms with Gasteiger partial charge in [-0.05, 0) is 25.0 Å². The molecule has 1 atom stereocenters. The van der Waals surface area contributed by atoms with Gasteiger partial charge in [0.05, 0.1) is 4.90 Å². The lowest BCUT2D eigenvalue weighted by Crippen LogP contribution is -2.29. The molecule has 0 saturated carbocycles. The van der Waals surface area contributed by atoms with Gasteiger partial charge in [0.1, 0.15) is 5.25 Å². The van der Waals surface area contributed by atoms with Crippen molar-refractivity contribution in [2.24, 2.45) is 0 Å². The number of benzene rings is 1. The monoisotopic (exact) mass is 265 g/mol. The number of hydrogen-bond acceptors (Lipinski definition) is 3. The average molecular weight is 265 g/mol. The molecule has 0 saturated heterocycles. The summed E-state index contributed by atoms with van der Waals surface area (Å²) < 4.78 is 25.3. The summed E-state index contributed by atoms with van der Waals surface area (Å²) in [7, 11) is -3.28. The van der Waals surface area contributed by atoms with Gasteiger partial charge in [-0.2, -0.15) is 0 Å². The topological polar surface area (TPSA) is 46.2 Å². The summed E-state index contributed by atoms with van der Waals surface area (Å²) in [5.41, 5.74) is 0.876. The summed E-state index contributed by atoms with van der Waals surface area (Å²) in [4.78, 5) is 0.415. The molecular weight excluding hydrogens is 246 g/mol. The Morgan fingerprint density at radius 1 is 1.28 bits per heavy atom. The lowest BCUT2D eigenvalue weighted by atomic mass is 10.2. The van der Waals surface area contributed by atoms with Crippen LogP contribution in [0.2, 0.25) is 0 Å². The third-order valence-electron chi connectivity index (χ3n) is 3.18. The van der Waals surface area contributed by atoms with Crippen LogP contribution in [0.15, 0.2) is 47.0 Å². The molecule has 0 spiro atoms. The molecule has 0 amide bonds. The Kier molecular flexibility index (Phi) is 4.07. The van der Waals surface area contributed by atoms with Crippen LogP contribution in [-0.4, -0.2) is 20.2 Å². The van der Waals surface area contributed by atoms with E-state index in [9.17, 15) is 8.42 Å². The van der Waals surface area contributed by atoms with Gasteiger partial charge in [-0.1, -0.05) is 37.6 Å². The van der Waals surface area contributed by atoms with E-state index in [1.807, 2.05) is 19.1 Å². The van der Waals surface area contributed by atoms with Crippen molar-refractivity contribution in [3.05, 3.63) is 42.1 Å². The maximum atomic E-state index is 12.6. The maximum absolute atomic E-state index is 12.6. The van der Waals surface area contributed by atoms with E-state index in [-0.39, 0.29) is 0 Å². The molecular formula is C14H19NO2S. The summed E-state index contributed by atoms with van der Waals surface area (Å²) in [6.45, 7) is 2.86. The minimum Gasteiger partial charge on any atom is -0.387 e. The molecule has 3 nitrogen and oxygen atoms in total. The van der Waals surface area contributed by atoms with E-state index < -0.39 is 15.1 Å². The number of hydrogen-bond donors (Lipinski definition) is 1. The fraction of sp³-hybridized carbons (Fsp3) is 0.429. The molecule has 1 aromatic rings. The number of rotatable bonds is 5. The number of nitrogens with one attached hydrogen (secondary N) is 1. The first-order valence-corrected chi connectivity index (χ1v) is 7.93. The van der Waals surface area contributed by atoms with Crippen molar-refractivity contribution in [1.29, 1.82) is 0 Å². The Morgan fingerprint density at radius 3 is 2.56 bits per heavy atom. The van der Waals surface area contributed by atoms with Gasteiger partial charge in [0.2, 0.25) is 0 Å². The maximum Gasteiger partial charge on any atom is 0.186 e. The van der Waals surface area contributed by atoms with E-state index in [1.54, 1.807) is 24.3 Å². The van der Waals surface area contributed by atoms with E-state index in [2.05, 4.69) is 5.32 Å². The summed E-state index contributed by atoms with van der Waals surface area (Å²) in [5.74, 6) is 0. The Hall–Kier alpha value is -1.29. The normalized spacial score (nSPS) is 17.1. The fourth-order valence-electron chi connectivity index (χ4n) is 2.28. The van der Waals surface area contributed by atoms with E-state index in [0.717, 1.165) is 25.1 Å². The zero-order valence-corrected chi connectivity index (χ0v) is 11.4. The quantitative estimate of drug-likeness (QED) is 0.889. The van der Waals surface area contributed by atoms with Crippen LogP contribution in [0.4, 0.5) is 0 Å². The molecule has 1 N–H and O–H groups in total. The molecule has 18 heavy (non-hydrogen) atoms. The van der Waals surface area contributed by atoms with Gasteiger partial charge in [0.15, 0.2) is 9.84 Å². The van der Waals surface area contributed by atoms with Gasteiger partial charge in [-0.15, -0.1) is 0 Å². The van der Waals surface area contributed by atoms with Crippen LogP contribution < -0.4 is 5.32 Å². The molecule has 0 fully saturated rings. The zero-order chi connectivity index (χ0) is 13.0. The third-order valence-corrected chi connectivity index (χ3v) is 5.35. The third kappa shape index (κ3) is 2.58. The lowest BCUT2D eigenvalue weighted by molar-refractivity contribution is 0.575. The molecule has 1 aliphatic heterocycles. The highest BCUT2D eigenvalue weighted by atomic mass is 32.2. The van der Waals surface area contributed by atoms with Gasteiger partial charge >= 0.3 is 0 Å². The van der Waals surface area contributed by atoms with Gasteiger partial charge in [0, 0.05) is 12.2 Å². The van der Waals surface area contributed by atoms with Gasteiger partial charge in [-0.25, -0.2) is 8.42 Å². The highest BCUT2D eigenvalue weighted by molar-refractivity contribution is 7.92. The van der Waals surface area contributed by atoms with Crippen molar-refractivity contribution in [3.63, 3.8) is 0 Å². The van der Waals surface area contributed by atoms with Crippen molar-refractivity contribution in [2.45, 2.75) is 36.3 Å². The number of sulfone groups is 1. The van der Waals surface area contributed by atoms with Crippen LogP contribution in [0.3, 0.4) is 0 Å². The average Bonchev–Trinajstić information content (AvgIpc) is 2.90. The predicted octanol–water partition coefficient (Wildman–Crippen LogP) is 2.51. The van der Waals surface area contributed by atoms with Gasteiger partial charge in [0.25, 0.3) is 0 Å². The summed E-state index contributed by atoms with van der Waals surface area (Å²) in [6, 6.07) is 8.72. The van der Waals surface area contributed by atoms with Crippen molar-refractivity contribution in [2.75, 3.05) is 6.54 Å². The van der Waals surface area contributed by atoms with Crippen molar-refractivity contribution in [1.82, 2.24) is 5.32 Å². The van der Waals surface area contributed by atoms with Gasteiger partial charge in [-0.3, -0.25) is 0 Å². The van der Waals surface area contributed by atoms with Gasteiger partial charge < -0.3 is 5.32 Å². The van der Waals surface area contributed by atoms with Crippen LogP contribution in [0.1, 0.15) is 26.2 Å². The lowest BCUT2D eigenvalue weighted by Gasteiger charge is -2.19. The van der Waals surface area contributed by atoms with Crippen LogP contribution in [-0.2, 0) is 9.84 Å². The minimum absolute atomic E-state index is 0.415. The Bertz CT molecular complexity index is 520. The molecule has 1 aromatic carbocycles. The van der Waals surface area contributed by atoms with E-state index in [0.29, 0.717) is 11.3 Å². The van der Waals surface area contributed by atoms with Crippen LogP contribution >= 0.6 is 0 Å². The highest BCUT2D eigenvalue weighted by Gasteiger charge is 2.30. The minimum atomic E-state index is -3.28. The standard InChI is InChI=1S/C14H19NO2S/c1-2-7-14(13-10-6-11-15-13)18(16,17)12-8-4-3-5-9-12/h3-5,8-10,14-15H,2,6-7,11H2,1H3. The van der Waals surface area contributed by atoms with E-state index >= 15 is 0 Å². The smallest absolute Gasteiger partial charge is 0.186 e. The second-order valence-electron chi connectivity index (χ2n) is 4.51. The van der Waals surface area contributed by atoms with Crippen LogP contribution in [0.5, 0.6) is 0 Å². The molecule has 0 bridgehead atoms. The van der Waals surface area contributed by atoms with Crippen molar-refractivity contribution < 1.29 is 8.42 Å². The first-order valence-electron chi connectivity index (χ1n) is 6.39. The van der Waals surface area contributed by atoms with E-state index in [4.69, 9.17) is 0 Å². The molecule has 0 aliphatic carbocycles. The predicted molar refractivity (Wildman–Crippen MR) is 73.0 cm³/mol. The van der Waals surface area contributed by atoms with Crippen molar-refractivity contribution >= 4 is 9.84 Å². The largest absolute Gasteiger partial charge is 0.387 e. The summed E-state index contributed by atoms with van der Waals surface area (Å²) in [5, 5.41) is 2.78. The first kappa shape index (κ1) is 13.1. The molecule has 1 heterocycles. The molecule has 98 valence electrons.